The summed E-state index contributed by atoms with van der Waals surface area (Å²) in [6, 6.07) is 4.61. The average Bonchev–Trinajstić information content (AvgIpc) is 3.51. The first-order valence-electron chi connectivity index (χ1n) is 10.2. The first kappa shape index (κ1) is 20.5. The van der Waals surface area contributed by atoms with Crippen molar-refractivity contribution in [3.05, 3.63) is 47.4 Å². The maximum atomic E-state index is 13.0. The summed E-state index contributed by atoms with van der Waals surface area (Å²) in [6.07, 6.45) is 3.63. The van der Waals surface area contributed by atoms with Crippen LogP contribution in [0.2, 0.25) is 0 Å². The number of hydrogen-bond donors (Lipinski definition) is 1. The molecule has 3 amide bonds. The Labute approximate surface area is 187 Å². The van der Waals surface area contributed by atoms with Gasteiger partial charge in [-0.15, -0.1) is 5.10 Å². The first-order valence-corrected chi connectivity index (χ1v) is 10.2. The molecule has 0 spiro atoms. The molecule has 12 nitrogen and oxygen atoms in total. The van der Waals surface area contributed by atoms with E-state index in [9.17, 15) is 19.2 Å². The zero-order valence-electron chi connectivity index (χ0n) is 17.8. The molecule has 2 aliphatic rings. The van der Waals surface area contributed by atoms with Gasteiger partial charge in [0.15, 0.2) is 5.69 Å². The molecule has 2 aliphatic heterocycles. The third kappa shape index (κ3) is 3.35. The molecule has 0 aliphatic carbocycles. The van der Waals surface area contributed by atoms with E-state index >= 15 is 0 Å². The van der Waals surface area contributed by atoms with Crippen molar-refractivity contribution in [3.63, 3.8) is 0 Å². The maximum absolute atomic E-state index is 13.0. The number of esters is 1. The summed E-state index contributed by atoms with van der Waals surface area (Å²) in [5.41, 5.74) is 2.97. The third-order valence-corrected chi connectivity index (χ3v) is 5.86. The number of methoxy groups -OCH3 is 1. The quantitative estimate of drug-likeness (QED) is 0.440. The van der Waals surface area contributed by atoms with Crippen molar-refractivity contribution < 1.29 is 23.9 Å². The van der Waals surface area contributed by atoms with E-state index in [1.54, 1.807) is 31.4 Å². The van der Waals surface area contributed by atoms with Crippen LogP contribution in [0.4, 0.5) is 0 Å². The highest BCUT2D eigenvalue weighted by molar-refractivity contribution is 6.05. The number of aromatic nitrogens is 5. The Morgan fingerprint density at radius 2 is 2.03 bits per heavy atom. The molecule has 1 saturated heterocycles. The minimum Gasteiger partial charge on any atom is -0.464 e. The molecular formula is C21H19N7O5. The van der Waals surface area contributed by atoms with Gasteiger partial charge in [0.25, 0.3) is 5.91 Å². The van der Waals surface area contributed by atoms with E-state index in [0.717, 1.165) is 5.56 Å². The molecule has 1 N–H and O–H groups in total. The fraction of sp³-hybridized carbons (Fsp3) is 0.286. The second-order valence-corrected chi connectivity index (χ2v) is 7.81. The van der Waals surface area contributed by atoms with Gasteiger partial charge in [-0.25, -0.2) is 9.48 Å². The Morgan fingerprint density at radius 3 is 2.79 bits per heavy atom. The van der Waals surface area contributed by atoms with Crippen molar-refractivity contribution in [2.24, 2.45) is 7.05 Å². The number of hydrogen-bond acceptors (Lipinski definition) is 8. The van der Waals surface area contributed by atoms with Gasteiger partial charge in [0, 0.05) is 25.6 Å². The molecule has 33 heavy (non-hydrogen) atoms. The smallest absolute Gasteiger partial charge is 0.357 e. The van der Waals surface area contributed by atoms with Crippen LogP contribution in [-0.4, -0.2) is 66.5 Å². The maximum Gasteiger partial charge on any atom is 0.357 e. The highest BCUT2D eigenvalue weighted by Crippen LogP contribution is 2.29. The zero-order valence-corrected chi connectivity index (χ0v) is 17.8. The number of carbonyl (C=O) groups excluding carboxylic acids is 4. The lowest BCUT2D eigenvalue weighted by Gasteiger charge is -2.29. The largest absolute Gasteiger partial charge is 0.464 e. The Hall–Kier alpha value is -4.35. The molecule has 12 heteroatoms. The summed E-state index contributed by atoms with van der Waals surface area (Å²) in [5, 5.41) is 14.7. The van der Waals surface area contributed by atoms with Crippen LogP contribution < -0.4 is 5.32 Å². The molecule has 1 unspecified atom stereocenters. The Bertz CT molecular complexity index is 1320. The number of imide groups is 1. The summed E-state index contributed by atoms with van der Waals surface area (Å²) >= 11 is 0. The van der Waals surface area contributed by atoms with Gasteiger partial charge in [-0.2, -0.15) is 5.10 Å². The van der Waals surface area contributed by atoms with E-state index in [1.165, 1.54) is 27.6 Å². The number of piperidine rings is 1. The fourth-order valence-corrected chi connectivity index (χ4v) is 4.16. The lowest BCUT2D eigenvalue weighted by atomic mass is 10.0. The van der Waals surface area contributed by atoms with E-state index in [4.69, 9.17) is 4.74 Å². The first-order chi connectivity index (χ1) is 15.9. The van der Waals surface area contributed by atoms with Gasteiger partial charge in [0.1, 0.15) is 11.7 Å². The number of rotatable bonds is 4. The van der Waals surface area contributed by atoms with E-state index in [1.807, 2.05) is 0 Å². The SMILES string of the molecule is COC(=O)c1c(-c2cn(-c3ccc4c(c3)C(=O)N(C3CCC(=O)NC3=O)C4)nn2)cnn1C. The minimum absolute atomic E-state index is 0.200. The Kier molecular flexibility index (Phi) is 4.77. The highest BCUT2D eigenvalue weighted by atomic mass is 16.5. The van der Waals surface area contributed by atoms with Crippen LogP contribution in [0.15, 0.2) is 30.6 Å². The van der Waals surface area contributed by atoms with Crippen LogP contribution in [0, 0.1) is 0 Å². The standard InChI is InChI=1S/C21H19N7O5/c1-26-18(21(32)33-2)14(8-22-26)15-10-28(25-24-15)12-4-3-11-9-27(20(31)13(11)7-12)16-5-6-17(29)23-19(16)30/h3-4,7-8,10,16H,5-6,9H2,1-2H3,(H,23,29,30). The molecule has 1 aromatic carbocycles. The molecule has 0 bridgehead atoms. The van der Waals surface area contributed by atoms with Crippen molar-refractivity contribution >= 4 is 23.7 Å². The predicted molar refractivity (Wildman–Crippen MR) is 111 cm³/mol. The van der Waals surface area contributed by atoms with E-state index < -0.39 is 17.9 Å². The fourth-order valence-electron chi connectivity index (χ4n) is 4.16. The number of fused-ring (bicyclic) bond motifs is 1. The van der Waals surface area contributed by atoms with Crippen LogP contribution in [0.25, 0.3) is 16.9 Å². The lowest BCUT2D eigenvalue weighted by molar-refractivity contribution is -0.136. The van der Waals surface area contributed by atoms with Crippen molar-refractivity contribution in [2.75, 3.05) is 7.11 Å². The van der Waals surface area contributed by atoms with Crippen LogP contribution >= 0.6 is 0 Å². The highest BCUT2D eigenvalue weighted by Gasteiger charge is 2.39. The third-order valence-electron chi connectivity index (χ3n) is 5.86. The molecule has 5 rings (SSSR count). The van der Waals surface area contributed by atoms with Gasteiger partial charge in [0.2, 0.25) is 11.8 Å². The number of benzene rings is 1. The molecular weight excluding hydrogens is 430 g/mol. The van der Waals surface area contributed by atoms with Crippen molar-refractivity contribution in [3.8, 4) is 16.9 Å². The van der Waals surface area contributed by atoms with Crippen LogP contribution in [-0.2, 0) is 27.9 Å². The second kappa shape index (κ2) is 7.65. The van der Waals surface area contributed by atoms with Gasteiger partial charge in [0.05, 0.1) is 30.8 Å². The number of ether oxygens (including phenoxy) is 1. The van der Waals surface area contributed by atoms with E-state index in [0.29, 0.717) is 35.5 Å². The van der Waals surface area contributed by atoms with E-state index in [2.05, 4.69) is 20.7 Å². The van der Waals surface area contributed by atoms with Crippen LogP contribution in [0.5, 0.6) is 0 Å². The van der Waals surface area contributed by atoms with Gasteiger partial charge in [-0.05, 0) is 24.1 Å². The summed E-state index contributed by atoms with van der Waals surface area (Å²) in [4.78, 5) is 50.3. The molecule has 2 aromatic heterocycles. The normalized spacial score (nSPS) is 17.8. The number of nitrogens with zero attached hydrogens (tertiary/aromatic N) is 6. The molecule has 0 radical (unpaired) electrons. The summed E-state index contributed by atoms with van der Waals surface area (Å²) < 4.78 is 7.71. The summed E-state index contributed by atoms with van der Waals surface area (Å²) in [6.45, 7) is 0.293. The van der Waals surface area contributed by atoms with Crippen LogP contribution in [0.3, 0.4) is 0 Å². The van der Waals surface area contributed by atoms with Crippen molar-refractivity contribution in [1.82, 2.24) is 35.0 Å². The van der Waals surface area contributed by atoms with Gasteiger partial charge >= 0.3 is 5.97 Å². The summed E-state index contributed by atoms with van der Waals surface area (Å²) in [5.74, 6) is -1.60. The molecule has 4 heterocycles. The molecule has 3 aromatic rings. The number of nitrogens with one attached hydrogen (secondary N) is 1. The van der Waals surface area contributed by atoms with Gasteiger partial charge < -0.3 is 9.64 Å². The average molecular weight is 449 g/mol. The molecule has 168 valence electrons. The van der Waals surface area contributed by atoms with Gasteiger partial charge in [-0.3, -0.25) is 24.4 Å². The van der Waals surface area contributed by atoms with E-state index in [-0.39, 0.29) is 23.9 Å². The van der Waals surface area contributed by atoms with Gasteiger partial charge in [-0.1, -0.05) is 11.3 Å². The number of aryl methyl sites for hydroxylation is 1. The predicted octanol–water partition coefficient (Wildman–Crippen LogP) is 0.215. The minimum atomic E-state index is -0.675. The topological polar surface area (TPSA) is 141 Å². The lowest BCUT2D eigenvalue weighted by Crippen LogP contribution is -2.52. The Balaban J connectivity index is 1.43. The monoisotopic (exact) mass is 449 g/mol. The van der Waals surface area contributed by atoms with Crippen molar-refractivity contribution in [1.29, 1.82) is 0 Å². The second-order valence-electron chi connectivity index (χ2n) is 7.81. The molecule has 1 fully saturated rings. The molecule has 1 atom stereocenters. The summed E-state index contributed by atoms with van der Waals surface area (Å²) in [7, 11) is 2.91. The Morgan fingerprint density at radius 1 is 1.21 bits per heavy atom. The zero-order chi connectivity index (χ0) is 23.3. The number of amides is 3. The molecule has 0 saturated carbocycles. The van der Waals surface area contributed by atoms with Crippen LogP contribution in [0.1, 0.15) is 39.3 Å². The number of carbonyl (C=O) groups is 4. The van der Waals surface area contributed by atoms with Crippen molar-refractivity contribution in [2.45, 2.75) is 25.4 Å².